The van der Waals surface area contributed by atoms with E-state index in [9.17, 15) is 9.59 Å². The largest absolute Gasteiger partial charge is 0.452 e. The summed E-state index contributed by atoms with van der Waals surface area (Å²) in [5.74, 6) is -1.04. The van der Waals surface area contributed by atoms with Crippen LogP contribution in [0.2, 0.25) is 5.02 Å². The molecule has 2 aromatic rings. The Hall–Kier alpha value is -2.11. The molecule has 0 bridgehead atoms. The quantitative estimate of drug-likeness (QED) is 0.550. The number of hydrogen-bond donors (Lipinski definition) is 1. The molecule has 2 rings (SSSR count). The van der Waals surface area contributed by atoms with E-state index in [4.69, 9.17) is 16.3 Å². The highest BCUT2D eigenvalue weighted by atomic mass is 79.9. The molecule has 6 heteroatoms. The van der Waals surface area contributed by atoms with Gasteiger partial charge < -0.3 is 10.1 Å². The van der Waals surface area contributed by atoms with Crippen LogP contribution < -0.4 is 5.32 Å². The summed E-state index contributed by atoms with van der Waals surface area (Å²) in [5, 5.41) is 3.11. The Bertz CT molecular complexity index is 810. The van der Waals surface area contributed by atoms with Crippen LogP contribution in [-0.2, 0) is 14.3 Å². The van der Waals surface area contributed by atoms with Crippen molar-refractivity contribution in [2.75, 3.05) is 11.9 Å². The van der Waals surface area contributed by atoms with Gasteiger partial charge in [0.15, 0.2) is 6.61 Å². The van der Waals surface area contributed by atoms with Crippen molar-refractivity contribution in [1.82, 2.24) is 0 Å². The lowest BCUT2D eigenvalue weighted by molar-refractivity contribution is -0.142. The molecule has 0 aliphatic rings. The number of halogens is 2. The Morgan fingerprint density at radius 2 is 2.00 bits per heavy atom. The van der Waals surface area contributed by atoms with E-state index in [1.807, 2.05) is 44.2 Å². The number of anilines is 1. The van der Waals surface area contributed by atoms with Crippen molar-refractivity contribution in [3.63, 3.8) is 0 Å². The summed E-state index contributed by atoms with van der Waals surface area (Å²) < 4.78 is 5.85. The Kier molecular flexibility index (Phi) is 6.79. The average molecular weight is 423 g/mol. The Morgan fingerprint density at radius 1 is 1.24 bits per heavy atom. The number of carbonyl (C=O) groups excluding carboxylic acids is 2. The number of ether oxygens (including phenoxy) is 1. The fourth-order valence-corrected chi connectivity index (χ4v) is 2.99. The molecule has 0 aliphatic heterocycles. The maximum Gasteiger partial charge on any atom is 0.331 e. The summed E-state index contributed by atoms with van der Waals surface area (Å²) in [5.41, 5.74) is 3.22. The van der Waals surface area contributed by atoms with E-state index in [0.29, 0.717) is 10.7 Å². The van der Waals surface area contributed by atoms with Crippen molar-refractivity contribution in [1.29, 1.82) is 0 Å². The van der Waals surface area contributed by atoms with Crippen LogP contribution in [0.15, 0.2) is 46.9 Å². The highest BCUT2D eigenvalue weighted by Gasteiger charge is 2.11. The van der Waals surface area contributed by atoms with Gasteiger partial charge in [0.05, 0.1) is 10.7 Å². The molecule has 1 N–H and O–H groups in total. The van der Waals surface area contributed by atoms with Gasteiger partial charge in [-0.3, -0.25) is 4.79 Å². The second kappa shape index (κ2) is 8.83. The van der Waals surface area contributed by atoms with Gasteiger partial charge in [-0.1, -0.05) is 45.7 Å². The highest BCUT2D eigenvalue weighted by Crippen LogP contribution is 2.27. The van der Waals surface area contributed by atoms with E-state index >= 15 is 0 Å². The number of carbonyl (C=O) groups is 2. The van der Waals surface area contributed by atoms with Crippen molar-refractivity contribution in [2.45, 2.75) is 13.8 Å². The van der Waals surface area contributed by atoms with Crippen molar-refractivity contribution in [2.24, 2.45) is 0 Å². The van der Waals surface area contributed by atoms with Gasteiger partial charge in [-0.2, -0.15) is 0 Å². The minimum atomic E-state index is -0.596. The molecule has 0 spiro atoms. The van der Waals surface area contributed by atoms with Gasteiger partial charge in [-0.15, -0.1) is 0 Å². The standard InChI is InChI=1S/C19H17BrClNO3/c1-12-8-13(2)19(16(21)9-12)22-17(23)11-25-18(24)7-6-14-4-3-5-15(20)10-14/h3-10H,11H2,1-2H3,(H,22,23)/b7-6+. The van der Waals surface area contributed by atoms with E-state index in [2.05, 4.69) is 21.2 Å². The number of benzene rings is 2. The highest BCUT2D eigenvalue weighted by molar-refractivity contribution is 9.10. The first-order valence-electron chi connectivity index (χ1n) is 7.52. The van der Waals surface area contributed by atoms with E-state index in [1.165, 1.54) is 6.08 Å². The van der Waals surface area contributed by atoms with Gasteiger partial charge in [0.1, 0.15) is 0 Å². The lowest BCUT2D eigenvalue weighted by Gasteiger charge is -2.11. The van der Waals surface area contributed by atoms with Crippen molar-refractivity contribution in [3.05, 3.63) is 68.7 Å². The first kappa shape index (κ1) is 19.2. The molecule has 0 saturated carbocycles. The van der Waals surface area contributed by atoms with Crippen molar-refractivity contribution < 1.29 is 14.3 Å². The Balaban J connectivity index is 1.88. The second-order valence-electron chi connectivity index (χ2n) is 5.48. The van der Waals surface area contributed by atoms with Gasteiger partial charge in [0, 0.05) is 10.5 Å². The minimum Gasteiger partial charge on any atom is -0.452 e. The molecule has 130 valence electrons. The third-order valence-corrected chi connectivity index (χ3v) is 4.09. The number of esters is 1. The molecule has 4 nitrogen and oxygen atoms in total. The number of hydrogen-bond acceptors (Lipinski definition) is 3. The second-order valence-corrected chi connectivity index (χ2v) is 6.81. The average Bonchev–Trinajstić information content (AvgIpc) is 2.54. The molecule has 0 heterocycles. The zero-order valence-electron chi connectivity index (χ0n) is 13.8. The topological polar surface area (TPSA) is 55.4 Å². The van der Waals surface area contributed by atoms with Crippen LogP contribution in [0.5, 0.6) is 0 Å². The minimum absolute atomic E-state index is 0.384. The van der Waals surface area contributed by atoms with Crippen LogP contribution in [0.1, 0.15) is 16.7 Å². The van der Waals surface area contributed by atoms with Gasteiger partial charge in [-0.05, 0) is 54.8 Å². The van der Waals surface area contributed by atoms with E-state index in [-0.39, 0.29) is 6.61 Å². The maximum absolute atomic E-state index is 11.9. The van der Waals surface area contributed by atoms with Crippen molar-refractivity contribution in [3.8, 4) is 0 Å². The third-order valence-electron chi connectivity index (χ3n) is 3.30. The molecule has 0 radical (unpaired) electrons. The van der Waals surface area contributed by atoms with Crippen molar-refractivity contribution >= 4 is 51.2 Å². The molecule has 0 saturated heterocycles. The van der Waals surface area contributed by atoms with Crippen LogP contribution >= 0.6 is 27.5 Å². The summed E-state index contributed by atoms with van der Waals surface area (Å²) in [6.07, 6.45) is 2.89. The smallest absolute Gasteiger partial charge is 0.331 e. The fraction of sp³-hybridized carbons (Fsp3) is 0.158. The lowest BCUT2D eigenvalue weighted by Crippen LogP contribution is -2.20. The van der Waals surface area contributed by atoms with Gasteiger partial charge in [-0.25, -0.2) is 4.79 Å². The molecule has 0 aliphatic carbocycles. The summed E-state index contributed by atoms with van der Waals surface area (Å²) in [6, 6.07) is 11.1. The molecule has 25 heavy (non-hydrogen) atoms. The Labute approximate surface area is 160 Å². The number of nitrogens with one attached hydrogen (secondary N) is 1. The predicted octanol–water partition coefficient (Wildman–Crippen LogP) is 4.91. The van der Waals surface area contributed by atoms with Crippen LogP contribution in [-0.4, -0.2) is 18.5 Å². The van der Waals surface area contributed by atoms with Crippen LogP contribution in [0.25, 0.3) is 6.08 Å². The number of rotatable bonds is 5. The van der Waals surface area contributed by atoms with E-state index in [0.717, 1.165) is 21.2 Å². The molecule has 0 fully saturated rings. The SMILES string of the molecule is Cc1cc(C)c(NC(=O)COC(=O)/C=C/c2cccc(Br)c2)c(Cl)c1. The van der Waals surface area contributed by atoms with Gasteiger partial charge >= 0.3 is 5.97 Å². The zero-order valence-corrected chi connectivity index (χ0v) is 16.1. The van der Waals surface area contributed by atoms with E-state index < -0.39 is 11.9 Å². The van der Waals surface area contributed by atoms with Crippen LogP contribution in [0.3, 0.4) is 0 Å². The number of amides is 1. The van der Waals surface area contributed by atoms with Crippen LogP contribution in [0.4, 0.5) is 5.69 Å². The predicted molar refractivity (Wildman–Crippen MR) is 104 cm³/mol. The monoisotopic (exact) mass is 421 g/mol. The third kappa shape index (κ3) is 6.03. The van der Waals surface area contributed by atoms with E-state index in [1.54, 1.807) is 12.1 Å². The maximum atomic E-state index is 11.9. The molecule has 0 aromatic heterocycles. The van der Waals surface area contributed by atoms with Gasteiger partial charge in [0.25, 0.3) is 5.91 Å². The lowest BCUT2D eigenvalue weighted by atomic mass is 10.1. The molecular formula is C19H17BrClNO3. The first-order valence-corrected chi connectivity index (χ1v) is 8.69. The molecule has 1 amide bonds. The molecule has 2 aromatic carbocycles. The van der Waals surface area contributed by atoms with Gasteiger partial charge in [0.2, 0.25) is 0 Å². The molecule has 0 atom stereocenters. The first-order chi connectivity index (χ1) is 11.8. The zero-order chi connectivity index (χ0) is 18.4. The normalized spacial score (nSPS) is 10.7. The summed E-state index contributed by atoms with van der Waals surface area (Å²) >= 11 is 9.49. The summed E-state index contributed by atoms with van der Waals surface area (Å²) in [7, 11) is 0. The molecule has 0 unspecified atom stereocenters. The number of aryl methyl sites for hydroxylation is 2. The van der Waals surface area contributed by atoms with Crippen LogP contribution in [0, 0.1) is 13.8 Å². The summed E-state index contributed by atoms with van der Waals surface area (Å²) in [4.78, 5) is 23.7. The molecular weight excluding hydrogens is 406 g/mol. The Morgan fingerprint density at radius 3 is 2.68 bits per heavy atom. The summed E-state index contributed by atoms with van der Waals surface area (Å²) in [6.45, 7) is 3.39. The fourth-order valence-electron chi connectivity index (χ4n) is 2.21.